The van der Waals surface area contributed by atoms with E-state index in [9.17, 15) is 4.79 Å². The van der Waals surface area contributed by atoms with Crippen molar-refractivity contribution in [2.45, 2.75) is 40.5 Å². The van der Waals surface area contributed by atoms with Crippen LogP contribution in [0.1, 0.15) is 37.5 Å². The van der Waals surface area contributed by atoms with Crippen LogP contribution in [0.3, 0.4) is 0 Å². The Morgan fingerprint density at radius 1 is 1.14 bits per heavy atom. The molecule has 2 rings (SSSR count). The van der Waals surface area contributed by atoms with Gasteiger partial charge in [0.15, 0.2) is 0 Å². The van der Waals surface area contributed by atoms with Crippen LogP contribution in [-0.4, -0.2) is 21.1 Å². The molecule has 21 heavy (non-hydrogen) atoms. The van der Waals surface area contributed by atoms with E-state index < -0.39 is 0 Å². The lowest BCUT2D eigenvalue weighted by Gasteiger charge is -2.16. The molecule has 0 atom stereocenters. The molecule has 1 heterocycles. The van der Waals surface area contributed by atoms with Crippen LogP contribution >= 0.6 is 0 Å². The smallest absolute Gasteiger partial charge is 0.354 e. The first-order chi connectivity index (χ1) is 10.1. The van der Waals surface area contributed by atoms with Crippen LogP contribution in [-0.2, 0) is 12.8 Å². The second-order valence-corrected chi connectivity index (χ2v) is 5.00. The number of aromatic nitrogens is 3. The maximum absolute atomic E-state index is 12.3. The SMILES string of the molecule is CCNc1ncn(-c2c(CC)cc(C)cc2CC)c(=O)n1. The van der Waals surface area contributed by atoms with Gasteiger partial charge < -0.3 is 5.32 Å². The monoisotopic (exact) mass is 286 g/mol. The minimum atomic E-state index is -0.297. The maximum Gasteiger partial charge on any atom is 0.356 e. The Kier molecular flexibility index (Phi) is 4.73. The molecular weight excluding hydrogens is 264 g/mol. The van der Waals surface area contributed by atoms with Crippen molar-refractivity contribution in [2.75, 3.05) is 11.9 Å². The van der Waals surface area contributed by atoms with Crippen molar-refractivity contribution in [2.24, 2.45) is 0 Å². The highest BCUT2D eigenvalue weighted by Gasteiger charge is 2.12. The molecule has 1 aromatic carbocycles. The van der Waals surface area contributed by atoms with Crippen molar-refractivity contribution in [1.29, 1.82) is 0 Å². The molecule has 0 aliphatic heterocycles. The van der Waals surface area contributed by atoms with Gasteiger partial charge in [-0.15, -0.1) is 0 Å². The molecule has 0 saturated carbocycles. The van der Waals surface area contributed by atoms with Gasteiger partial charge >= 0.3 is 5.69 Å². The van der Waals surface area contributed by atoms with Crippen LogP contribution in [0.25, 0.3) is 5.69 Å². The molecule has 0 saturated heterocycles. The van der Waals surface area contributed by atoms with Crippen molar-refractivity contribution < 1.29 is 0 Å². The van der Waals surface area contributed by atoms with E-state index in [4.69, 9.17) is 0 Å². The summed E-state index contributed by atoms with van der Waals surface area (Å²) in [5, 5.41) is 2.96. The van der Waals surface area contributed by atoms with E-state index >= 15 is 0 Å². The lowest BCUT2D eigenvalue weighted by Crippen LogP contribution is -2.25. The highest BCUT2D eigenvalue weighted by molar-refractivity contribution is 5.50. The van der Waals surface area contributed by atoms with E-state index in [-0.39, 0.29) is 5.69 Å². The summed E-state index contributed by atoms with van der Waals surface area (Å²) in [6.07, 6.45) is 3.30. The molecule has 1 N–H and O–H groups in total. The zero-order valence-corrected chi connectivity index (χ0v) is 13.1. The van der Waals surface area contributed by atoms with Crippen molar-refractivity contribution in [3.63, 3.8) is 0 Å². The van der Waals surface area contributed by atoms with E-state index in [1.807, 2.05) is 6.92 Å². The summed E-state index contributed by atoms with van der Waals surface area (Å²) < 4.78 is 1.55. The van der Waals surface area contributed by atoms with E-state index in [0.717, 1.165) is 29.7 Å². The zero-order chi connectivity index (χ0) is 15.4. The summed E-state index contributed by atoms with van der Waals surface area (Å²) in [6.45, 7) is 8.90. The van der Waals surface area contributed by atoms with Gasteiger partial charge in [0.05, 0.1) is 5.69 Å². The molecule has 0 fully saturated rings. The van der Waals surface area contributed by atoms with Crippen molar-refractivity contribution in [3.05, 3.63) is 45.6 Å². The average Bonchev–Trinajstić information content (AvgIpc) is 2.47. The van der Waals surface area contributed by atoms with E-state index in [2.05, 4.69) is 48.2 Å². The molecule has 0 spiro atoms. The van der Waals surface area contributed by atoms with Crippen LogP contribution in [0.5, 0.6) is 0 Å². The Balaban J connectivity index is 2.63. The van der Waals surface area contributed by atoms with Crippen molar-refractivity contribution >= 4 is 5.95 Å². The first-order valence-electron chi connectivity index (χ1n) is 7.43. The zero-order valence-electron chi connectivity index (χ0n) is 13.1. The van der Waals surface area contributed by atoms with Crippen LogP contribution in [0.4, 0.5) is 5.95 Å². The lowest BCUT2D eigenvalue weighted by molar-refractivity contribution is 0.832. The highest BCUT2D eigenvalue weighted by Crippen LogP contribution is 2.22. The molecule has 0 amide bonds. The Morgan fingerprint density at radius 2 is 1.76 bits per heavy atom. The van der Waals surface area contributed by atoms with Gasteiger partial charge in [-0.3, -0.25) is 4.57 Å². The van der Waals surface area contributed by atoms with Crippen LogP contribution in [0, 0.1) is 6.92 Å². The van der Waals surface area contributed by atoms with Gasteiger partial charge in [0.1, 0.15) is 6.33 Å². The Morgan fingerprint density at radius 3 is 2.24 bits per heavy atom. The van der Waals surface area contributed by atoms with Gasteiger partial charge in [0.25, 0.3) is 0 Å². The predicted molar refractivity (Wildman–Crippen MR) is 85.3 cm³/mol. The third-order valence-corrected chi connectivity index (χ3v) is 3.45. The second kappa shape index (κ2) is 6.52. The normalized spacial score (nSPS) is 10.7. The summed E-state index contributed by atoms with van der Waals surface area (Å²) in [5.74, 6) is 0.377. The number of hydrogen-bond acceptors (Lipinski definition) is 4. The van der Waals surface area contributed by atoms with Crippen molar-refractivity contribution in [1.82, 2.24) is 14.5 Å². The number of rotatable bonds is 5. The molecule has 1 aromatic heterocycles. The summed E-state index contributed by atoms with van der Waals surface area (Å²) in [5.41, 5.74) is 4.14. The van der Waals surface area contributed by atoms with Gasteiger partial charge in [-0.25, -0.2) is 9.78 Å². The van der Waals surface area contributed by atoms with E-state index in [0.29, 0.717) is 12.5 Å². The molecular formula is C16H22N4O. The molecule has 5 nitrogen and oxygen atoms in total. The van der Waals surface area contributed by atoms with Gasteiger partial charge in [-0.1, -0.05) is 31.5 Å². The maximum atomic E-state index is 12.3. The fourth-order valence-corrected chi connectivity index (χ4v) is 2.51. The van der Waals surface area contributed by atoms with Gasteiger partial charge in [-0.05, 0) is 37.8 Å². The summed E-state index contributed by atoms with van der Waals surface area (Å²) in [4.78, 5) is 20.5. The Labute approximate surface area is 125 Å². The molecule has 0 aliphatic carbocycles. The second-order valence-electron chi connectivity index (χ2n) is 5.00. The topological polar surface area (TPSA) is 59.8 Å². The Hall–Kier alpha value is -2.17. The number of nitrogens with one attached hydrogen (secondary N) is 1. The highest BCUT2D eigenvalue weighted by atomic mass is 16.1. The molecule has 0 bridgehead atoms. The molecule has 112 valence electrons. The average molecular weight is 286 g/mol. The predicted octanol–water partition coefficient (Wildman–Crippen LogP) is 2.49. The number of aryl methyl sites for hydroxylation is 3. The van der Waals surface area contributed by atoms with Gasteiger partial charge in [0.2, 0.25) is 5.95 Å². The quantitative estimate of drug-likeness (QED) is 0.917. The standard InChI is InChI=1S/C16H22N4O/c1-5-12-8-11(4)9-13(6-2)14(12)20-10-18-15(17-7-3)19-16(20)21/h8-10H,5-7H2,1-4H3,(H,17,19,21). The summed E-state index contributed by atoms with van der Waals surface area (Å²) in [6, 6.07) is 4.25. The summed E-state index contributed by atoms with van der Waals surface area (Å²) in [7, 11) is 0. The molecule has 0 radical (unpaired) electrons. The minimum absolute atomic E-state index is 0.297. The van der Waals surface area contributed by atoms with Crippen LogP contribution < -0.4 is 11.0 Å². The van der Waals surface area contributed by atoms with Crippen LogP contribution in [0.15, 0.2) is 23.3 Å². The molecule has 5 heteroatoms. The fraction of sp³-hybridized carbons (Fsp3) is 0.438. The van der Waals surface area contributed by atoms with Gasteiger partial charge in [0, 0.05) is 6.54 Å². The largest absolute Gasteiger partial charge is 0.356 e. The third kappa shape index (κ3) is 3.12. The number of nitrogens with zero attached hydrogens (tertiary/aromatic N) is 3. The van der Waals surface area contributed by atoms with Crippen LogP contribution in [0.2, 0.25) is 0 Å². The fourth-order valence-electron chi connectivity index (χ4n) is 2.51. The van der Waals surface area contributed by atoms with Crippen molar-refractivity contribution in [3.8, 4) is 5.69 Å². The number of hydrogen-bond donors (Lipinski definition) is 1. The first-order valence-corrected chi connectivity index (χ1v) is 7.43. The molecule has 0 aliphatic rings. The minimum Gasteiger partial charge on any atom is -0.354 e. The summed E-state index contributed by atoms with van der Waals surface area (Å²) >= 11 is 0. The molecule has 0 unspecified atom stereocenters. The van der Waals surface area contributed by atoms with Gasteiger partial charge in [-0.2, -0.15) is 4.98 Å². The Bertz CT molecular complexity index is 666. The number of anilines is 1. The first kappa shape index (κ1) is 15.2. The van der Waals surface area contributed by atoms with E-state index in [1.165, 1.54) is 5.56 Å². The lowest BCUT2D eigenvalue weighted by atomic mass is 9.99. The molecule has 2 aromatic rings. The van der Waals surface area contributed by atoms with E-state index in [1.54, 1.807) is 10.9 Å². The third-order valence-electron chi connectivity index (χ3n) is 3.45. The number of benzene rings is 1.